The molecule has 0 saturated heterocycles. The summed E-state index contributed by atoms with van der Waals surface area (Å²) in [6.45, 7) is 3.80. The van der Waals surface area contributed by atoms with Crippen LogP contribution in [0.5, 0.6) is 0 Å². The van der Waals surface area contributed by atoms with Crippen LogP contribution in [0.2, 0.25) is 0 Å². The van der Waals surface area contributed by atoms with Gasteiger partial charge in [0.15, 0.2) is 0 Å². The SMILES string of the molecule is CC.CO.Nc1ccn(C(CCO)OCCO)c(=O)n1. The lowest BCUT2D eigenvalue weighted by Gasteiger charge is -2.18. The third-order valence-corrected chi connectivity index (χ3v) is 1.94. The van der Waals surface area contributed by atoms with Crippen LogP contribution in [0.25, 0.3) is 0 Å². The summed E-state index contributed by atoms with van der Waals surface area (Å²) in [6, 6.07) is 1.47. The monoisotopic (exact) mass is 291 g/mol. The summed E-state index contributed by atoms with van der Waals surface area (Å²) >= 11 is 0. The van der Waals surface area contributed by atoms with Gasteiger partial charge >= 0.3 is 5.69 Å². The number of aliphatic hydroxyl groups excluding tert-OH is 3. The highest BCUT2D eigenvalue weighted by molar-refractivity contribution is 5.23. The molecule has 1 atom stereocenters. The molecule has 0 aliphatic rings. The van der Waals surface area contributed by atoms with Crippen LogP contribution in [0.15, 0.2) is 17.1 Å². The van der Waals surface area contributed by atoms with Crippen molar-refractivity contribution in [3.8, 4) is 0 Å². The topological polar surface area (TPSA) is 131 Å². The minimum atomic E-state index is -0.641. The van der Waals surface area contributed by atoms with Crippen molar-refractivity contribution in [1.82, 2.24) is 9.55 Å². The van der Waals surface area contributed by atoms with E-state index >= 15 is 0 Å². The zero-order valence-electron chi connectivity index (χ0n) is 12.2. The van der Waals surface area contributed by atoms with E-state index < -0.39 is 11.9 Å². The molecule has 0 spiro atoms. The molecule has 0 fully saturated rings. The second-order valence-electron chi connectivity index (χ2n) is 3.10. The summed E-state index contributed by atoms with van der Waals surface area (Å²) in [4.78, 5) is 15.0. The van der Waals surface area contributed by atoms with Crippen molar-refractivity contribution in [3.05, 3.63) is 22.7 Å². The first-order valence-electron chi connectivity index (χ1n) is 6.31. The molecular formula is C12H25N3O5. The van der Waals surface area contributed by atoms with E-state index in [0.29, 0.717) is 0 Å². The average Bonchev–Trinajstić information content (AvgIpc) is 2.48. The number of aromatic nitrogens is 2. The van der Waals surface area contributed by atoms with Crippen molar-refractivity contribution in [2.75, 3.05) is 32.7 Å². The molecule has 0 aromatic carbocycles. The maximum atomic E-state index is 11.5. The lowest BCUT2D eigenvalue weighted by atomic mass is 10.4. The largest absolute Gasteiger partial charge is 0.400 e. The van der Waals surface area contributed by atoms with E-state index in [4.69, 9.17) is 25.8 Å². The molecule has 1 heterocycles. The summed E-state index contributed by atoms with van der Waals surface area (Å²) in [5, 5.41) is 24.5. The number of rotatable bonds is 6. The quantitative estimate of drug-likeness (QED) is 0.547. The van der Waals surface area contributed by atoms with Gasteiger partial charge in [0.05, 0.1) is 13.2 Å². The first-order valence-corrected chi connectivity index (χ1v) is 6.31. The Morgan fingerprint density at radius 2 is 1.95 bits per heavy atom. The molecule has 0 aliphatic carbocycles. The number of hydrogen-bond acceptors (Lipinski definition) is 7. The third kappa shape index (κ3) is 7.85. The number of hydrogen-bond donors (Lipinski definition) is 4. The average molecular weight is 291 g/mol. The summed E-state index contributed by atoms with van der Waals surface area (Å²) in [6.07, 6.45) is 1.05. The number of ether oxygens (including phenoxy) is 1. The van der Waals surface area contributed by atoms with Crippen LogP contribution >= 0.6 is 0 Å². The Morgan fingerprint density at radius 1 is 1.35 bits per heavy atom. The molecular weight excluding hydrogens is 266 g/mol. The van der Waals surface area contributed by atoms with E-state index in [0.717, 1.165) is 7.11 Å². The van der Waals surface area contributed by atoms with Gasteiger partial charge in [0.2, 0.25) is 0 Å². The van der Waals surface area contributed by atoms with Crippen molar-refractivity contribution in [2.24, 2.45) is 0 Å². The Labute approximate surface area is 118 Å². The van der Waals surface area contributed by atoms with Gasteiger partial charge < -0.3 is 25.8 Å². The second-order valence-corrected chi connectivity index (χ2v) is 3.10. The molecule has 0 saturated carbocycles. The molecule has 1 aromatic rings. The van der Waals surface area contributed by atoms with Gasteiger partial charge in [-0.15, -0.1) is 0 Å². The number of aliphatic hydroxyl groups is 3. The van der Waals surface area contributed by atoms with E-state index in [-0.39, 0.29) is 32.1 Å². The molecule has 1 unspecified atom stereocenters. The Morgan fingerprint density at radius 3 is 2.40 bits per heavy atom. The van der Waals surface area contributed by atoms with Gasteiger partial charge in [-0.25, -0.2) is 4.79 Å². The summed E-state index contributed by atoms with van der Waals surface area (Å²) in [7, 11) is 1.00. The number of nitrogens with two attached hydrogens (primary N) is 1. The normalized spacial score (nSPS) is 10.7. The highest BCUT2D eigenvalue weighted by atomic mass is 16.5. The first kappa shape index (κ1) is 20.8. The standard InChI is InChI=1S/C9H15N3O4.C2H6.CH4O/c10-7-1-3-12(9(15)11-7)8(2-4-13)16-6-5-14;2*1-2/h1,3,8,13-14H,2,4-6H2,(H2,10,11,15);1-2H3;2H,1H3. The maximum absolute atomic E-state index is 11.5. The molecule has 0 aliphatic heterocycles. The number of anilines is 1. The summed E-state index contributed by atoms with van der Waals surface area (Å²) in [5.41, 5.74) is 4.80. The number of nitrogen functional groups attached to an aromatic ring is 1. The summed E-state index contributed by atoms with van der Waals surface area (Å²) in [5.74, 6) is 0.131. The molecule has 8 heteroatoms. The van der Waals surface area contributed by atoms with Crippen molar-refractivity contribution in [3.63, 3.8) is 0 Å². The first-order chi connectivity index (χ1) is 9.69. The minimum absolute atomic E-state index is 0.0848. The fourth-order valence-corrected chi connectivity index (χ4v) is 1.25. The van der Waals surface area contributed by atoms with Crippen LogP contribution in [-0.2, 0) is 4.74 Å². The molecule has 0 amide bonds. The van der Waals surface area contributed by atoms with Crippen LogP contribution in [0.1, 0.15) is 26.5 Å². The van der Waals surface area contributed by atoms with Crippen molar-refractivity contribution in [1.29, 1.82) is 0 Å². The van der Waals surface area contributed by atoms with Crippen LogP contribution < -0.4 is 11.4 Å². The summed E-state index contributed by atoms with van der Waals surface area (Å²) < 4.78 is 6.44. The van der Waals surface area contributed by atoms with E-state index in [1.807, 2.05) is 13.8 Å². The van der Waals surface area contributed by atoms with Crippen LogP contribution in [0.3, 0.4) is 0 Å². The molecule has 0 radical (unpaired) electrons. The molecule has 1 rings (SSSR count). The lowest BCUT2D eigenvalue weighted by molar-refractivity contribution is -0.0306. The fraction of sp³-hybridized carbons (Fsp3) is 0.667. The van der Waals surface area contributed by atoms with Gasteiger partial charge in [0.25, 0.3) is 0 Å². The Kier molecular flexibility index (Phi) is 14.5. The van der Waals surface area contributed by atoms with E-state index in [9.17, 15) is 4.79 Å². The maximum Gasteiger partial charge on any atom is 0.351 e. The number of nitrogens with zero attached hydrogens (tertiary/aromatic N) is 2. The van der Waals surface area contributed by atoms with Crippen molar-refractivity contribution >= 4 is 5.82 Å². The van der Waals surface area contributed by atoms with Gasteiger partial charge in [-0.3, -0.25) is 4.57 Å². The molecule has 20 heavy (non-hydrogen) atoms. The Balaban J connectivity index is 0. The van der Waals surface area contributed by atoms with Crippen LogP contribution in [-0.4, -0.2) is 51.8 Å². The van der Waals surface area contributed by atoms with Gasteiger partial charge in [-0.2, -0.15) is 4.98 Å². The van der Waals surface area contributed by atoms with Gasteiger partial charge in [0.1, 0.15) is 12.0 Å². The van der Waals surface area contributed by atoms with E-state index in [1.165, 1.54) is 16.8 Å². The van der Waals surface area contributed by atoms with Gasteiger partial charge in [-0.05, 0) is 6.07 Å². The second kappa shape index (κ2) is 13.9. The van der Waals surface area contributed by atoms with E-state index in [2.05, 4.69) is 4.98 Å². The molecule has 5 N–H and O–H groups in total. The molecule has 1 aromatic heterocycles. The highest BCUT2D eigenvalue weighted by Crippen LogP contribution is 2.10. The molecule has 118 valence electrons. The fourth-order valence-electron chi connectivity index (χ4n) is 1.25. The van der Waals surface area contributed by atoms with Gasteiger partial charge in [-0.1, -0.05) is 13.8 Å². The molecule has 8 nitrogen and oxygen atoms in total. The predicted octanol–water partition coefficient (Wildman–Crippen LogP) is -0.650. The van der Waals surface area contributed by atoms with Crippen LogP contribution in [0.4, 0.5) is 5.82 Å². The molecule has 0 bridgehead atoms. The highest BCUT2D eigenvalue weighted by Gasteiger charge is 2.12. The Bertz CT molecular complexity index is 384. The zero-order chi connectivity index (χ0) is 16.0. The lowest BCUT2D eigenvalue weighted by Crippen LogP contribution is -2.29. The van der Waals surface area contributed by atoms with Gasteiger partial charge in [0, 0.05) is 26.3 Å². The predicted molar refractivity (Wildman–Crippen MR) is 76.2 cm³/mol. The third-order valence-electron chi connectivity index (χ3n) is 1.94. The van der Waals surface area contributed by atoms with E-state index in [1.54, 1.807) is 0 Å². The van der Waals surface area contributed by atoms with Crippen molar-refractivity contribution in [2.45, 2.75) is 26.5 Å². The smallest absolute Gasteiger partial charge is 0.351 e. The van der Waals surface area contributed by atoms with Crippen LogP contribution in [0, 0.1) is 0 Å². The van der Waals surface area contributed by atoms with Crippen molar-refractivity contribution < 1.29 is 20.1 Å². The minimum Gasteiger partial charge on any atom is -0.400 e. The Hall–Kier alpha value is -1.48. The zero-order valence-corrected chi connectivity index (χ0v) is 12.2.